The van der Waals surface area contributed by atoms with Gasteiger partial charge in [0, 0.05) is 15.5 Å². The van der Waals surface area contributed by atoms with Crippen LogP contribution in [0.4, 0.5) is 5.69 Å². The zero-order chi connectivity index (χ0) is 14.0. The van der Waals surface area contributed by atoms with Crippen molar-refractivity contribution in [1.82, 2.24) is 0 Å². The monoisotopic (exact) mass is 273 g/mol. The van der Waals surface area contributed by atoms with E-state index < -0.39 is 5.97 Å². The smallest absolute Gasteiger partial charge is 0.335 e. The van der Waals surface area contributed by atoms with Gasteiger partial charge in [-0.05, 0) is 55.3 Å². The summed E-state index contributed by atoms with van der Waals surface area (Å²) in [4.78, 5) is 12.8. The first-order chi connectivity index (χ1) is 8.97. The largest absolute Gasteiger partial charge is 0.478 e. The van der Waals surface area contributed by atoms with Gasteiger partial charge in [0.2, 0.25) is 0 Å². The number of benzene rings is 2. The molecule has 2 rings (SSSR count). The molecule has 0 aliphatic carbocycles. The van der Waals surface area contributed by atoms with Crippen LogP contribution in [0.5, 0.6) is 0 Å². The van der Waals surface area contributed by atoms with Gasteiger partial charge in [0.15, 0.2) is 0 Å². The predicted molar refractivity (Wildman–Crippen MR) is 77.9 cm³/mol. The van der Waals surface area contributed by atoms with Crippen LogP contribution in [-0.4, -0.2) is 11.1 Å². The van der Waals surface area contributed by atoms with Gasteiger partial charge in [-0.15, -0.1) is 0 Å². The number of aryl methyl sites for hydroxylation is 2. The van der Waals surface area contributed by atoms with E-state index >= 15 is 0 Å². The molecule has 2 aromatic carbocycles. The molecule has 0 heterocycles. The number of rotatable bonds is 3. The topological polar surface area (TPSA) is 63.3 Å². The highest BCUT2D eigenvalue weighted by Gasteiger charge is 2.08. The van der Waals surface area contributed by atoms with Crippen LogP contribution in [0.3, 0.4) is 0 Å². The Labute approximate surface area is 116 Å². The molecule has 0 aliphatic rings. The van der Waals surface area contributed by atoms with Crippen LogP contribution >= 0.6 is 11.8 Å². The van der Waals surface area contributed by atoms with Crippen LogP contribution < -0.4 is 5.73 Å². The van der Waals surface area contributed by atoms with Crippen LogP contribution in [0, 0.1) is 13.8 Å². The summed E-state index contributed by atoms with van der Waals surface area (Å²) >= 11 is 1.54. The van der Waals surface area contributed by atoms with E-state index in [0.29, 0.717) is 5.69 Å². The zero-order valence-corrected chi connectivity index (χ0v) is 11.6. The lowest BCUT2D eigenvalue weighted by Gasteiger charge is -2.08. The molecule has 19 heavy (non-hydrogen) atoms. The Balaban J connectivity index is 2.28. The van der Waals surface area contributed by atoms with Crippen LogP contribution in [0.1, 0.15) is 21.5 Å². The number of carboxylic acid groups (broad SMARTS) is 1. The van der Waals surface area contributed by atoms with Crippen molar-refractivity contribution in [3.63, 3.8) is 0 Å². The molecule has 0 aliphatic heterocycles. The average molecular weight is 273 g/mol. The van der Waals surface area contributed by atoms with E-state index in [2.05, 4.69) is 26.0 Å². The molecule has 0 aromatic heterocycles. The normalized spacial score (nSPS) is 10.4. The molecule has 98 valence electrons. The molecule has 0 saturated heterocycles. The Morgan fingerprint density at radius 3 is 2.42 bits per heavy atom. The number of nitrogen functional groups attached to an aromatic ring is 1. The van der Waals surface area contributed by atoms with E-state index in [9.17, 15) is 4.79 Å². The lowest BCUT2D eigenvalue weighted by Crippen LogP contribution is -1.98. The highest BCUT2D eigenvalue weighted by Crippen LogP contribution is 2.33. The second-order valence-electron chi connectivity index (χ2n) is 4.41. The van der Waals surface area contributed by atoms with Crippen LogP contribution in [0.25, 0.3) is 0 Å². The average Bonchev–Trinajstić information content (AvgIpc) is 2.36. The first-order valence-electron chi connectivity index (χ1n) is 5.85. The first-order valence-corrected chi connectivity index (χ1v) is 6.67. The van der Waals surface area contributed by atoms with Gasteiger partial charge in [0.05, 0.1) is 5.56 Å². The van der Waals surface area contributed by atoms with Crippen LogP contribution in [-0.2, 0) is 0 Å². The lowest BCUT2D eigenvalue weighted by atomic mass is 10.1. The van der Waals surface area contributed by atoms with E-state index in [1.54, 1.807) is 12.1 Å². The fourth-order valence-corrected chi connectivity index (χ4v) is 2.62. The van der Waals surface area contributed by atoms with Gasteiger partial charge in [0.1, 0.15) is 0 Å². The summed E-state index contributed by atoms with van der Waals surface area (Å²) in [6.07, 6.45) is 0. The summed E-state index contributed by atoms with van der Waals surface area (Å²) in [6, 6.07) is 11.0. The summed E-state index contributed by atoms with van der Waals surface area (Å²) in [5.74, 6) is -0.963. The fraction of sp³-hybridized carbons (Fsp3) is 0.133. The van der Waals surface area contributed by atoms with E-state index in [1.165, 1.54) is 29.0 Å². The standard InChI is InChI=1S/C15H15NO2S/c1-9-3-5-12(7-10(9)2)19-14-6-4-11(15(17)18)8-13(14)16/h3-8H,16H2,1-2H3,(H,17,18). The molecule has 3 nitrogen and oxygen atoms in total. The first kappa shape index (κ1) is 13.5. The molecule has 0 amide bonds. The molecule has 0 radical (unpaired) electrons. The highest BCUT2D eigenvalue weighted by atomic mass is 32.2. The molecule has 0 bridgehead atoms. The highest BCUT2D eigenvalue weighted by molar-refractivity contribution is 7.99. The number of aromatic carboxylic acids is 1. The molecule has 0 fully saturated rings. The third-order valence-electron chi connectivity index (χ3n) is 2.96. The Kier molecular flexibility index (Phi) is 3.81. The van der Waals surface area contributed by atoms with Crippen molar-refractivity contribution in [1.29, 1.82) is 0 Å². The van der Waals surface area contributed by atoms with Gasteiger partial charge in [-0.3, -0.25) is 0 Å². The number of nitrogens with two attached hydrogens (primary N) is 1. The summed E-state index contributed by atoms with van der Waals surface area (Å²) in [5, 5.41) is 8.89. The minimum atomic E-state index is -0.963. The molecule has 0 saturated carbocycles. The number of anilines is 1. The third kappa shape index (κ3) is 3.09. The van der Waals surface area contributed by atoms with Gasteiger partial charge in [-0.2, -0.15) is 0 Å². The minimum Gasteiger partial charge on any atom is -0.478 e. The summed E-state index contributed by atoms with van der Waals surface area (Å²) < 4.78 is 0. The Hall–Kier alpha value is -1.94. The molecule has 0 unspecified atom stereocenters. The van der Waals surface area contributed by atoms with Crippen molar-refractivity contribution in [2.75, 3.05) is 5.73 Å². The van der Waals surface area contributed by atoms with Crippen molar-refractivity contribution in [2.24, 2.45) is 0 Å². The third-order valence-corrected chi connectivity index (χ3v) is 4.04. The Bertz CT molecular complexity index is 638. The summed E-state index contributed by atoms with van der Waals surface area (Å²) in [5.41, 5.74) is 9.07. The summed E-state index contributed by atoms with van der Waals surface area (Å²) in [6.45, 7) is 4.13. The van der Waals surface area contributed by atoms with Gasteiger partial charge >= 0.3 is 5.97 Å². The number of hydrogen-bond acceptors (Lipinski definition) is 3. The van der Waals surface area contributed by atoms with E-state index in [-0.39, 0.29) is 5.56 Å². The molecule has 3 N–H and O–H groups in total. The van der Waals surface area contributed by atoms with Crippen molar-refractivity contribution < 1.29 is 9.90 Å². The van der Waals surface area contributed by atoms with Crippen molar-refractivity contribution >= 4 is 23.4 Å². The quantitative estimate of drug-likeness (QED) is 0.836. The fourth-order valence-electron chi connectivity index (χ4n) is 1.68. The molecule has 4 heteroatoms. The van der Waals surface area contributed by atoms with Crippen LogP contribution in [0.2, 0.25) is 0 Å². The number of hydrogen-bond donors (Lipinski definition) is 2. The van der Waals surface area contributed by atoms with E-state index in [0.717, 1.165) is 9.79 Å². The predicted octanol–water partition coefficient (Wildman–Crippen LogP) is 3.74. The summed E-state index contributed by atoms with van der Waals surface area (Å²) in [7, 11) is 0. The van der Waals surface area contributed by atoms with Gasteiger partial charge in [-0.1, -0.05) is 17.8 Å². The number of carboxylic acids is 1. The maximum Gasteiger partial charge on any atom is 0.335 e. The lowest BCUT2D eigenvalue weighted by molar-refractivity contribution is 0.0697. The maximum atomic E-state index is 10.8. The second kappa shape index (κ2) is 5.36. The zero-order valence-electron chi connectivity index (χ0n) is 10.8. The van der Waals surface area contributed by atoms with Crippen molar-refractivity contribution in [3.05, 3.63) is 53.1 Å². The van der Waals surface area contributed by atoms with Crippen LogP contribution in [0.15, 0.2) is 46.2 Å². The number of carbonyl (C=O) groups is 1. The SMILES string of the molecule is Cc1ccc(Sc2ccc(C(=O)O)cc2N)cc1C. The van der Waals surface area contributed by atoms with E-state index in [4.69, 9.17) is 10.8 Å². The van der Waals surface area contributed by atoms with Gasteiger partial charge < -0.3 is 10.8 Å². The molecule has 0 spiro atoms. The molecular weight excluding hydrogens is 258 g/mol. The minimum absolute atomic E-state index is 0.210. The Morgan fingerprint density at radius 1 is 1.11 bits per heavy atom. The van der Waals surface area contributed by atoms with Gasteiger partial charge in [-0.25, -0.2) is 4.79 Å². The maximum absolute atomic E-state index is 10.8. The molecule has 2 aromatic rings. The van der Waals surface area contributed by atoms with Crippen molar-refractivity contribution in [3.8, 4) is 0 Å². The van der Waals surface area contributed by atoms with Crippen molar-refractivity contribution in [2.45, 2.75) is 23.6 Å². The van der Waals surface area contributed by atoms with E-state index in [1.807, 2.05) is 6.07 Å². The van der Waals surface area contributed by atoms with Gasteiger partial charge in [0.25, 0.3) is 0 Å². The molecule has 0 atom stereocenters. The Morgan fingerprint density at radius 2 is 1.84 bits per heavy atom. The second-order valence-corrected chi connectivity index (χ2v) is 5.52. The molecular formula is C15H15NO2S.